The molecule has 1 fully saturated rings. The summed E-state index contributed by atoms with van der Waals surface area (Å²) in [4.78, 5) is 22.7. The predicted molar refractivity (Wildman–Crippen MR) is 138 cm³/mol. The molecule has 3 aromatic rings. The van der Waals surface area contributed by atoms with Gasteiger partial charge in [0.15, 0.2) is 0 Å². The molecule has 2 aromatic carbocycles. The number of esters is 1. The summed E-state index contributed by atoms with van der Waals surface area (Å²) >= 11 is 0. The Kier molecular flexibility index (Phi) is 7.63. The molecule has 0 unspecified atom stereocenters. The summed E-state index contributed by atoms with van der Waals surface area (Å²) in [6, 6.07) is 21.1. The average molecular weight is 458 g/mol. The number of carbonyl (C=O) groups is 1. The number of hydrogen-bond acceptors (Lipinski definition) is 5. The minimum atomic E-state index is -0.313. The van der Waals surface area contributed by atoms with Crippen molar-refractivity contribution in [3.05, 3.63) is 83.6 Å². The first kappa shape index (κ1) is 24.0. The fraction of sp³-hybridized carbons (Fsp3) is 0.379. The lowest BCUT2D eigenvalue weighted by Crippen LogP contribution is -2.37. The Bertz CT molecular complexity index is 1100. The summed E-state index contributed by atoms with van der Waals surface area (Å²) in [5.74, 6) is 0.410. The second kappa shape index (κ2) is 10.8. The molecular formula is C29H35N3O2. The summed E-state index contributed by atoms with van der Waals surface area (Å²) in [6.45, 7) is 11.7. The summed E-state index contributed by atoms with van der Waals surface area (Å²) in [5, 5.41) is 0. The average Bonchev–Trinajstić information content (AvgIpc) is 3.33. The highest BCUT2D eigenvalue weighted by atomic mass is 16.5. The molecule has 1 saturated heterocycles. The molecule has 0 N–H and O–H groups in total. The van der Waals surface area contributed by atoms with Crippen molar-refractivity contribution >= 4 is 11.8 Å². The van der Waals surface area contributed by atoms with Gasteiger partial charge in [-0.2, -0.15) is 0 Å². The topological polar surface area (TPSA) is 45.7 Å². The van der Waals surface area contributed by atoms with E-state index >= 15 is 0 Å². The molecule has 1 aliphatic heterocycles. The van der Waals surface area contributed by atoms with Crippen LogP contribution < -0.4 is 4.90 Å². The molecule has 0 aliphatic carbocycles. The zero-order valence-corrected chi connectivity index (χ0v) is 20.7. The molecule has 0 saturated carbocycles. The van der Waals surface area contributed by atoms with E-state index in [9.17, 15) is 4.79 Å². The van der Waals surface area contributed by atoms with E-state index in [4.69, 9.17) is 9.72 Å². The van der Waals surface area contributed by atoms with Crippen LogP contribution >= 0.6 is 0 Å². The van der Waals surface area contributed by atoms with Crippen molar-refractivity contribution in [3.63, 3.8) is 0 Å². The van der Waals surface area contributed by atoms with Crippen LogP contribution in [0, 0.1) is 6.92 Å². The third-order valence-corrected chi connectivity index (χ3v) is 6.45. The maximum absolute atomic E-state index is 13.3. The van der Waals surface area contributed by atoms with Gasteiger partial charge >= 0.3 is 5.97 Å². The van der Waals surface area contributed by atoms with Gasteiger partial charge < -0.3 is 9.64 Å². The van der Waals surface area contributed by atoms with Gasteiger partial charge in [0, 0.05) is 37.4 Å². The van der Waals surface area contributed by atoms with Crippen molar-refractivity contribution in [1.82, 2.24) is 9.88 Å². The van der Waals surface area contributed by atoms with Crippen LogP contribution in [0.2, 0.25) is 0 Å². The smallest absolute Gasteiger partial charge is 0.342 e. The van der Waals surface area contributed by atoms with Gasteiger partial charge in [-0.3, -0.25) is 4.90 Å². The Balaban J connectivity index is 1.61. The minimum absolute atomic E-state index is 0.194. The first-order valence-corrected chi connectivity index (χ1v) is 12.3. The van der Waals surface area contributed by atoms with Crippen LogP contribution in [-0.4, -0.2) is 47.6 Å². The third kappa shape index (κ3) is 5.48. The third-order valence-electron chi connectivity index (χ3n) is 6.45. The second-order valence-corrected chi connectivity index (χ2v) is 9.31. The highest BCUT2D eigenvalue weighted by molar-refractivity contribution is 6.02. The summed E-state index contributed by atoms with van der Waals surface area (Å²) in [7, 11) is 0. The van der Waals surface area contributed by atoms with Gasteiger partial charge in [0.05, 0.1) is 6.10 Å². The second-order valence-electron chi connectivity index (χ2n) is 9.31. The van der Waals surface area contributed by atoms with Crippen LogP contribution in [-0.2, 0) is 11.3 Å². The van der Waals surface area contributed by atoms with Gasteiger partial charge in [-0.05, 0) is 50.9 Å². The Morgan fingerprint density at radius 3 is 2.53 bits per heavy atom. The Labute approximate surface area is 203 Å². The van der Waals surface area contributed by atoms with Crippen molar-refractivity contribution in [2.45, 2.75) is 52.8 Å². The number of anilines is 1. The van der Waals surface area contributed by atoms with Crippen molar-refractivity contribution in [1.29, 1.82) is 0 Å². The first-order valence-electron chi connectivity index (χ1n) is 12.3. The molecule has 5 heteroatoms. The van der Waals surface area contributed by atoms with Crippen molar-refractivity contribution in [3.8, 4) is 11.1 Å². The Morgan fingerprint density at radius 2 is 1.85 bits per heavy atom. The number of likely N-dealkylation sites (N-methyl/N-ethyl adjacent to an activating group) is 1. The fourth-order valence-corrected chi connectivity index (χ4v) is 4.68. The molecule has 0 amide bonds. The maximum Gasteiger partial charge on any atom is 0.342 e. The van der Waals surface area contributed by atoms with Crippen molar-refractivity contribution in [2.24, 2.45) is 0 Å². The number of nitrogens with zero attached hydrogens (tertiary/aromatic N) is 3. The number of aromatic nitrogens is 1. The van der Waals surface area contributed by atoms with E-state index in [1.54, 1.807) is 6.20 Å². The summed E-state index contributed by atoms with van der Waals surface area (Å²) in [6.07, 6.45) is 2.65. The van der Waals surface area contributed by atoms with Gasteiger partial charge in [0.25, 0.3) is 0 Å². The van der Waals surface area contributed by atoms with E-state index in [1.807, 2.05) is 50.2 Å². The van der Waals surface area contributed by atoms with Gasteiger partial charge in [-0.25, -0.2) is 9.78 Å². The van der Waals surface area contributed by atoms with E-state index in [-0.39, 0.29) is 12.1 Å². The number of pyridine rings is 1. The molecule has 1 atom stereocenters. The van der Waals surface area contributed by atoms with Crippen molar-refractivity contribution < 1.29 is 9.53 Å². The van der Waals surface area contributed by atoms with Crippen LogP contribution in [0.5, 0.6) is 0 Å². The summed E-state index contributed by atoms with van der Waals surface area (Å²) < 4.78 is 5.67. The zero-order chi connectivity index (χ0) is 24.1. The Hall–Kier alpha value is -3.18. The maximum atomic E-state index is 13.3. The molecule has 1 aromatic heterocycles. The number of ether oxygens (including phenoxy) is 1. The predicted octanol–water partition coefficient (Wildman–Crippen LogP) is 5.72. The normalized spacial score (nSPS) is 15.8. The van der Waals surface area contributed by atoms with Crippen LogP contribution in [0.4, 0.5) is 5.82 Å². The van der Waals surface area contributed by atoms with Gasteiger partial charge in [0.2, 0.25) is 0 Å². The van der Waals surface area contributed by atoms with Crippen LogP contribution in [0.25, 0.3) is 11.1 Å². The molecule has 1 aliphatic rings. The lowest BCUT2D eigenvalue weighted by molar-refractivity contribution is 0.0379. The molecule has 5 nitrogen and oxygen atoms in total. The molecule has 0 spiro atoms. The standard InChI is InChI=1S/C29H35N3O2/c1-5-31(19-23-13-11-22(4)12-14-23)25-16-18-32(20-25)28-27(29(33)34-21(2)3)26(15-17-30-28)24-9-7-6-8-10-24/h6-15,17,21,25H,5,16,18-20H2,1-4H3/t25-/m1/s1. The van der Waals surface area contributed by atoms with Gasteiger partial charge in [0.1, 0.15) is 11.4 Å². The first-order chi connectivity index (χ1) is 16.5. The number of carbonyl (C=O) groups excluding carboxylic acids is 1. The highest BCUT2D eigenvalue weighted by Gasteiger charge is 2.32. The number of hydrogen-bond donors (Lipinski definition) is 0. The number of benzene rings is 2. The minimum Gasteiger partial charge on any atom is -0.459 e. The fourth-order valence-electron chi connectivity index (χ4n) is 4.68. The number of rotatable bonds is 8. The molecule has 2 heterocycles. The van der Waals surface area contributed by atoms with E-state index < -0.39 is 0 Å². The lowest BCUT2D eigenvalue weighted by Gasteiger charge is -2.28. The van der Waals surface area contributed by atoms with Crippen LogP contribution in [0.15, 0.2) is 66.9 Å². The summed E-state index contributed by atoms with van der Waals surface area (Å²) in [5.41, 5.74) is 5.03. The highest BCUT2D eigenvalue weighted by Crippen LogP contribution is 2.33. The van der Waals surface area contributed by atoms with E-state index in [0.717, 1.165) is 49.5 Å². The zero-order valence-electron chi connectivity index (χ0n) is 20.7. The lowest BCUT2D eigenvalue weighted by atomic mass is 10.0. The van der Waals surface area contributed by atoms with Crippen LogP contribution in [0.1, 0.15) is 48.7 Å². The van der Waals surface area contributed by atoms with Crippen LogP contribution in [0.3, 0.4) is 0 Å². The van der Waals surface area contributed by atoms with E-state index in [1.165, 1.54) is 11.1 Å². The van der Waals surface area contributed by atoms with Crippen molar-refractivity contribution in [2.75, 3.05) is 24.5 Å². The molecule has 0 bridgehead atoms. The molecule has 34 heavy (non-hydrogen) atoms. The Morgan fingerprint density at radius 1 is 1.12 bits per heavy atom. The SMILES string of the molecule is CCN(Cc1ccc(C)cc1)[C@@H]1CCN(c2nccc(-c3ccccc3)c2C(=O)OC(C)C)C1. The molecule has 4 rings (SSSR count). The van der Waals surface area contributed by atoms with E-state index in [2.05, 4.69) is 47.9 Å². The van der Waals surface area contributed by atoms with E-state index in [0.29, 0.717) is 11.6 Å². The largest absolute Gasteiger partial charge is 0.459 e. The van der Waals surface area contributed by atoms with Gasteiger partial charge in [-0.1, -0.05) is 67.1 Å². The molecule has 178 valence electrons. The quantitative estimate of drug-likeness (QED) is 0.405. The molecule has 0 radical (unpaired) electrons. The van der Waals surface area contributed by atoms with Gasteiger partial charge in [-0.15, -0.1) is 0 Å². The molecular weight excluding hydrogens is 422 g/mol. The monoisotopic (exact) mass is 457 g/mol. The number of aryl methyl sites for hydroxylation is 1.